The molecular weight excluding hydrogens is 578 g/mol. The molecule has 3 heterocycles. The first-order chi connectivity index (χ1) is 21.2. The highest BCUT2D eigenvalue weighted by molar-refractivity contribution is 5.82. The largest absolute Gasteiger partial charge is 0.481 e. The Labute approximate surface area is 266 Å². The second kappa shape index (κ2) is 16.3. The number of ether oxygens (including phenoxy) is 3. The van der Waals surface area contributed by atoms with E-state index in [0.717, 1.165) is 16.8 Å². The van der Waals surface area contributed by atoms with Crippen LogP contribution in [0.15, 0.2) is 64.4 Å². The van der Waals surface area contributed by atoms with E-state index in [1.165, 1.54) is 6.08 Å². The Kier molecular flexibility index (Phi) is 13.1. The Balaban J connectivity index is 1.82. The van der Waals surface area contributed by atoms with Gasteiger partial charge in [-0.2, -0.15) is 0 Å². The number of carboxylic acids is 1. The molecule has 0 aromatic carbocycles. The summed E-state index contributed by atoms with van der Waals surface area (Å²) in [4.78, 5) is 28.8. The number of carbonyl (C=O) groups is 2. The number of aryl methyl sites for hydroxylation is 1. The highest BCUT2D eigenvalue weighted by atomic mass is 16.6. The Bertz CT molecular complexity index is 1310. The van der Waals surface area contributed by atoms with Crippen molar-refractivity contribution in [2.75, 3.05) is 7.11 Å². The lowest BCUT2D eigenvalue weighted by Crippen LogP contribution is -2.41. The fourth-order valence-corrected chi connectivity index (χ4v) is 5.76. The molecule has 10 heteroatoms. The van der Waals surface area contributed by atoms with Crippen LogP contribution in [0.3, 0.4) is 0 Å². The minimum Gasteiger partial charge on any atom is -0.481 e. The molecule has 1 fully saturated rings. The van der Waals surface area contributed by atoms with Crippen LogP contribution in [0.1, 0.15) is 71.9 Å². The van der Waals surface area contributed by atoms with Gasteiger partial charge in [-0.3, -0.25) is 4.79 Å². The molecule has 2 aliphatic heterocycles. The highest BCUT2D eigenvalue weighted by Gasteiger charge is 2.56. The van der Waals surface area contributed by atoms with Gasteiger partial charge in [-0.15, -0.1) is 0 Å². The Morgan fingerprint density at radius 1 is 1.24 bits per heavy atom. The molecule has 0 radical (unpaired) electrons. The maximum Gasteiger partial charge on any atom is 0.330 e. The van der Waals surface area contributed by atoms with Gasteiger partial charge in [0, 0.05) is 44.8 Å². The number of carboxylic acid groups (broad SMARTS) is 1. The summed E-state index contributed by atoms with van der Waals surface area (Å²) in [6.07, 6.45) is 13.2. The monoisotopic (exact) mass is 627 g/mol. The van der Waals surface area contributed by atoms with E-state index in [1.807, 2.05) is 71.1 Å². The number of esters is 1. The predicted molar refractivity (Wildman–Crippen MR) is 170 cm³/mol. The number of aliphatic carboxylic acids is 1. The van der Waals surface area contributed by atoms with E-state index in [1.54, 1.807) is 26.4 Å². The number of hydrogen-bond donors (Lipinski definition) is 3. The van der Waals surface area contributed by atoms with Crippen LogP contribution in [-0.2, 0) is 23.8 Å². The fraction of sp³-hybridized carbons (Fsp3) is 0.571. The summed E-state index contributed by atoms with van der Waals surface area (Å²) in [6.45, 7) is 11.3. The molecule has 0 saturated carbocycles. The number of oxazole rings is 1. The second-order valence-electron chi connectivity index (χ2n) is 12.6. The van der Waals surface area contributed by atoms with Crippen molar-refractivity contribution in [1.29, 1.82) is 0 Å². The van der Waals surface area contributed by atoms with E-state index in [9.17, 15) is 24.9 Å². The summed E-state index contributed by atoms with van der Waals surface area (Å²) in [5.74, 6) is -1.92. The summed E-state index contributed by atoms with van der Waals surface area (Å²) < 4.78 is 22.9. The van der Waals surface area contributed by atoms with Crippen LogP contribution in [0.5, 0.6) is 0 Å². The van der Waals surface area contributed by atoms with E-state index in [-0.39, 0.29) is 43.1 Å². The van der Waals surface area contributed by atoms with E-state index in [2.05, 4.69) is 4.98 Å². The third-order valence-corrected chi connectivity index (χ3v) is 8.73. The quantitative estimate of drug-likeness (QED) is 0.141. The summed E-state index contributed by atoms with van der Waals surface area (Å²) in [5.41, 5.74) is 1.74. The van der Waals surface area contributed by atoms with Crippen molar-refractivity contribution in [1.82, 2.24) is 4.98 Å². The summed E-state index contributed by atoms with van der Waals surface area (Å²) in [6, 6.07) is 0. The van der Waals surface area contributed by atoms with Gasteiger partial charge in [-0.25, -0.2) is 9.78 Å². The number of rotatable bonds is 9. The predicted octanol–water partition coefficient (Wildman–Crippen LogP) is 5.35. The van der Waals surface area contributed by atoms with Crippen LogP contribution in [0.2, 0.25) is 0 Å². The first kappa shape index (κ1) is 36.2. The van der Waals surface area contributed by atoms with Crippen LogP contribution in [0, 0.1) is 24.7 Å². The smallest absolute Gasteiger partial charge is 0.330 e. The van der Waals surface area contributed by atoms with Crippen molar-refractivity contribution < 1.29 is 43.5 Å². The fourth-order valence-electron chi connectivity index (χ4n) is 5.76. The van der Waals surface area contributed by atoms with Crippen LogP contribution >= 0.6 is 0 Å². The van der Waals surface area contributed by atoms with Gasteiger partial charge < -0.3 is 33.9 Å². The van der Waals surface area contributed by atoms with Gasteiger partial charge >= 0.3 is 11.9 Å². The van der Waals surface area contributed by atoms with Gasteiger partial charge in [-0.1, -0.05) is 50.3 Å². The standard InChI is InChI=1S/C35H49NO9/c1-21(16-27-20-43-25(5)36-27)10-8-11-23(3)34(42-7)24(4)29-19-30(38)35(6)31(45-35)15-14-22(2)28(37)17-26(18-32(39)40)12-9-13-33(41)44-29/h8-11,13-16,20,22,24,26,28-31,34,37-38H,12,17-19H2,1-7H3,(H,39,40)/b10-8+,13-9-,15-14-,21-16-,23-11+/t22-,24+,26-,28-,29+,30+,31-,34+,35-/m1/s1. The second-order valence-corrected chi connectivity index (χ2v) is 12.6. The lowest BCUT2D eigenvalue weighted by atomic mass is 9.85. The topological polar surface area (TPSA) is 152 Å². The average Bonchev–Trinajstić information content (AvgIpc) is 3.47. The van der Waals surface area contributed by atoms with Crippen LogP contribution < -0.4 is 0 Å². The highest BCUT2D eigenvalue weighted by Crippen LogP contribution is 2.43. The Morgan fingerprint density at radius 2 is 1.98 bits per heavy atom. The van der Waals surface area contributed by atoms with Crippen molar-refractivity contribution in [2.24, 2.45) is 17.8 Å². The maximum absolute atomic E-state index is 13.0. The third-order valence-electron chi connectivity index (χ3n) is 8.73. The number of hydrogen-bond acceptors (Lipinski definition) is 9. The van der Waals surface area contributed by atoms with Gasteiger partial charge in [0.1, 0.15) is 29.8 Å². The van der Waals surface area contributed by atoms with Crippen molar-refractivity contribution in [3.05, 3.63) is 71.5 Å². The molecule has 10 nitrogen and oxygen atoms in total. The van der Waals surface area contributed by atoms with Crippen LogP contribution in [-0.4, -0.2) is 75.5 Å². The van der Waals surface area contributed by atoms with Gasteiger partial charge in [0.25, 0.3) is 0 Å². The minimum absolute atomic E-state index is 0.114. The lowest BCUT2D eigenvalue weighted by molar-refractivity contribution is -0.150. The molecule has 0 unspecified atom stereocenters. The number of nitrogens with zero attached hydrogens (tertiary/aromatic N) is 1. The zero-order valence-corrected chi connectivity index (χ0v) is 27.4. The van der Waals surface area contributed by atoms with Gasteiger partial charge in [0.15, 0.2) is 5.89 Å². The molecule has 9 atom stereocenters. The first-order valence-electron chi connectivity index (χ1n) is 15.5. The summed E-state index contributed by atoms with van der Waals surface area (Å²) in [7, 11) is 1.60. The number of cyclic esters (lactones) is 1. The maximum atomic E-state index is 13.0. The number of allylic oxidation sites excluding steroid dienone is 5. The van der Waals surface area contributed by atoms with Gasteiger partial charge in [0.2, 0.25) is 0 Å². The number of aliphatic hydroxyl groups excluding tert-OH is 2. The van der Waals surface area contributed by atoms with Crippen LogP contribution in [0.4, 0.5) is 0 Å². The van der Waals surface area contributed by atoms with E-state index in [4.69, 9.17) is 18.6 Å². The molecule has 2 aliphatic rings. The van der Waals surface area contributed by atoms with Crippen molar-refractivity contribution in [3.63, 3.8) is 0 Å². The molecule has 0 spiro atoms. The van der Waals surface area contributed by atoms with Gasteiger partial charge in [0.05, 0.1) is 18.3 Å². The number of aliphatic hydroxyl groups is 2. The van der Waals surface area contributed by atoms with Gasteiger partial charge in [-0.05, 0) is 56.8 Å². The molecule has 45 heavy (non-hydrogen) atoms. The van der Waals surface area contributed by atoms with Crippen molar-refractivity contribution >= 4 is 18.0 Å². The number of aromatic nitrogens is 1. The molecular formula is C35H49NO9. The van der Waals surface area contributed by atoms with Crippen molar-refractivity contribution in [2.45, 2.75) is 103 Å². The van der Waals surface area contributed by atoms with E-state index < -0.39 is 42.0 Å². The first-order valence-corrected chi connectivity index (χ1v) is 15.5. The molecule has 0 bridgehead atoms. The normalized spacial score (nSPS) is 33.2. The van der Waals surface area contributed by atoms with Crippen molar-refractivity contribution in [3.8, 4) is 0 Å². The third kappa shape index (κ3) is 10.6. The SMILES string of the molecule is CO[C@@H](/C(C)=C/C=C/C(C)=C\c1coc(C)n1)[C@@H](C)[C@@H]1C[C@H](O)[C@@]2(C)O[C@@H]2/C=C\[C@@H](C)[C@H](O)C[C@H](CC(=O)O)C/C=C\C(=O)O1. The molecule has 1 aromatic heterocycles. The molecule has 1 aromatic rings. The number of methoxy groups -OCH3 is 1. The number of carbonyl (C=O) groups excluding carboxylic acids is 1. The van der Waals surface area contributed by atoms with E-state index in [0.29, 0.717) is 12.3 Å². The molecule has 0 aliphatic carbocycles. The number of epoxide rings is 1. The molecule has 3 rings (SSSR count). The summed E-state index contributed by atoms with van der Waals surface area (Å²) >= 11 is 0. The molecule has 3 N–H and O–H groups in total. The zero-order valence-electron chi connectivity index (χ0n) is 27.4. The Morgan fingerprint density at radius 3 is 2.62 bits per heavy atom. The molecule has 1 saturated heterocycles. The number of fused-ring (bicyclic) bond motifs is 1. The van der Waals surface area contributed by atoms with E-state index >= 15 is 0 Å². The Hall–Kier alpha value is -3.31. The van der Waals surface area contributed by atoms with Crippen LogP contribution in [0.25, 0.3) is 6.08 Å². The lowest BCUT2D eigenvalue weighted by Gasteiger charge is -2.32. The summed E-state index contributed by atoms with van der Waals surface area (Å²) in [5, 5.41) is 31.4. The minimum atomic E-state index is -0.967. The average molecular weight is 628 g/mol. The molecule has 248 valence electrons. The zero-order chi connectivity index (χ0) is 33.3. The molecule has 0 amide bonds.